The number of hydrogen-bond donors (Lipinski definition) is 2. The molecule has 2 aliphatic carbocycles. The number of carbonyl (C=O) groups is 3. The summed E-state index contributed by atoms with van der Waals surface area (Å²) in [5.74, 6) is 6.62. The quantitative estimate of drug-likeness (QED) is 0.153. The van der Waals surface area contributed by atoms with E-state index in [9.17, 15) is 28.0 Å². The van der Waals surface area contributed by atoms with Crippen LogP contribution in [0.4, 0.5) is 20.3 Å². The van der Waals surface area contributed by atoms with E-state index < -0.39 is 30.0 Å². The van der Waals surface area contributed by atoms with Crippen molar-refractivity contribution in [1.29, 1.82) is 0 Å². The van der Waals surface area contributed by atoms with Crippen LogP contribution in [0, 0.1) is 23.7 Å². The van der Waals surface area contributed by atoms with Gasteiger partial charge in [-0.3, -0.25) is 38.4 Å². The Balaban J connectivity index is 0.673. The fraction of sp³-hybridized carbons (Fsp3) is 0.533. The molecule has 0 radical (unpaired) electrons. The number of piperidine rings is 2. The number of likely N-dealkylation sites (tertiary alicyclic amines) is 1. The number of aryl methyl sites for hydroxylation is 1. The van der Waals surface area contributed by atoms with Gasteiger partial charge in [-0.05, 0) is 81.4 Å². The number of imide groups is 1. The highest BCUT2D eigenvalue weighted by molar-refractivity contribution is 6.08. The van der Waals surface area contributed by atoms with Crippen molar-refractivity contribution in [2.24, 2.45) is 18.9 Å². The van der Waals surface area contributed by atoms with Crippen LogP contribution in [-0.4, -0.2) is 113 Å². The lowest BCUT2D eigenvalue weighted by Crippen LogP contribution is -2.44. The number of ether oxygens (including phenoxy) is 2. The largest absolute Gasteiger partial charge is 0.374 e. The third-order valence-corrected chi connectivity index (χ3v) is 14.5. The van der Waals surface area contributed by atoms with Gasteiger partial charge in [0.05, 0.1) is 59.4 Å². The molecule has 6 atom stereocenters. The first kappa shape index (κ1) is 40.8. The molecule has 4 unspecified atom stereocenters. The van der Waals surface area contributed by atoms with Gasteiger partial charge in [0.1, 0.15) is 24.0 Å². The number of aromatic nitrogens is 7. The summed E-state index contributed by atoms with van der Waals surface area (Å²) in [6.07, 6.45) is 9.09. The number of morpholine rings is 1. The third-order valence-electron chi connectivity index (χ3n) is 14.5. The van der Waals surface area contributed by atoms with Gasteiger partial charge < -0.3 is 19.7 Å². The second-order valence-electron chi connectivity index (χ2n) is 18.3. The van der Waals surface area contributed by atoms with E-state index in [-0.39, 0.29) is 66.6 Å². The molecular weight excluding hydrogens is 829 g/mol. The van der Waals surface area contributed by atoms with Crippen LogP contribution in [0.1, 0.15) is 97.9 Å². The van der Waals surface area contributed by atoms with Crippen LogP contribution in [0.15, 0.2) is 47.7 Å². The fourth-order valence-corrected chi connectivity index (χ4v) is 11.3. The first-order valence-electron chi connectivity index (χ1n) is 22.4. The number of carbonyl (C=O) groups excluding carboxylic acids is 3. The van der Waals surface area contributed by atoms with Gasteiger partial charge in [0.25, 0.3) is 12.3 Å². The van der Waals surface area contributed by atoms with Crippen LogP contribution < -0.4 is 21.2 Å². The number of amides is 3. The average Bonchev–Trinajstić information content (AvgIpc) is 4.17. The second-order valence-corrected chi connectivity index (χ2v) is 18.3. The van der Waals surface area contributed by atoms with Crippen molar-refractivity contribution in [2.75, 3.05) is 43.1 Å². The van der Waals surface area contributed by atoms with E-state index in [2.05, 4.69) is 42.5 Å². The normalized spacial score (nSPS) is 27.8. The fourth-order valence-electron chi connectivity index (χ4n) is 11.3. The molecule has 4 aliphatic heterocycles. The van der Waals surface area contributed by atoms with Crippen molar-refractivity contribution in [3.8, 4) is 11.8 Å². The van der Waals surface area contributed by atoms with Crippen LogP contribution in [0.5, 0.6) is 0 Å². The smallest absolute Gasteiger partial charge is 0.329 e. The zero-order valence-electron chi connectivity index (χ0n) is 35.4. The van der Waals surface area contributed by atoms with Gasteiger partial charge in [-0.15, -0.1) is 0 Å². The second kappa shape index (κ2) is 16.2. The minimum atomic E-state index is -2.86. The summed E-state index contributed by atoms with van der Waals surface area (Å²) in [6, 6.07) is 7.21. The van der Waals surface area contributed by atoms with Crippen molar-refractivity contribution in [2.45, 2.75) is 101 Å². The Morgan fingerprint density at radius 2 is 1.91 bits per heavy atom. The Hall–Kier alpha value is -5.97. The van der Waals surface area contributed by atoms with E-state index in [1.165, 1.54) is 19.8 Å². The van der Waals surface area contributed by atoms with Crippen LogP contribution >= 0.6 is 0 Å². The Morgan fingerprint density at radius 3 is 2.66 bits per heavy atom. The zero-order chi connectivity index (χ0) is 43.8. The molecule has 6 fully saturated rings. The SMILES string of the molecule is Cn1c(=O)n(C2CCC(=O)NC2=O)c2cccc(C#CCOC3CC4CC3CN4C[C@H]3CC[C@H](n4cc(NC(=O)c5cnn6ccc(N7C[C@H]8C[C@@H]7CO8)nc56)c(C(F)F)n4)CC3)c21. The molecule has 5 aromatic rings. The summed E-state index contributed by atoms with van der Waals surface area (Å²) >= 11 is 0. The first-order valence-corrected chi connectivity index (χ1v) is 22.4. The lowest BCUT2D eigenvalue weighted by Gasteiger charge is -2.36. The standard InChI is InChI=1S/C45H49F2N11O6/c1-53-40-26(4-2-6-34(40)58(45(53)62)35-11-12-38(59)51-44(35)61)5-3-15-63-36-18-29-16-27(36)21-54(29)20-25-7-9-28(10-8-25)57-23-33(39(52-57)41(46)47)49-43(60)32-19-48-56-14-13-37(50-42(32)56)55-22-31-17-30(55)24-64-31/h2,4,6,13-14,19,23,25,27-31,35-36,41H,7-12,15-18,20-22,24H2,1H3,(H,49,60)(H,51,59,61)/t25-,27?,28-,29?,30-,31-,35?,36?/m1/s1. The number of para-hydroxylation sites is 1. The molecule has 2 N–H and O–H groups in total. The highest BCUT2D eigenvalue weighted by Gasteiger charge is 2.46. The molecule has 11 rings (SSSR count). The molecule has 334 valence electrons. The zero-order valence-corrected chi connectivity index (χ0v) is 35.4. The summed E-state index contributed by atoms with van der Waals surface area (Å²) in [5.41, 5.74) is 1.66. The number of nitrogens with zero attached hydrogens (tertiary/aromatic N) is 9. The molecule has 4 bridgehead atoms. The molecule has 3 amide bonds. The van der Waals surface area contributed by atoms with E-state index in [1.54, 1.807) is 30.2 Å². The Kier molecular flexibility index (Phi) is 10.3. The summed E-state index contributed by atoms with van der Waals surface area (Å²) in [4.78, 5) is 60.7. The van der Waals surface area contributed by atoms with E-state index in [1.807, 2.05) is 18.2 Å². The molecule has 19 heteroatoms. The van der Waals surface area contributed by atoms with Crippen molar-refractivity contribution in [1.82, 2.24) is 43.7 Å². The monoisotopic (exact) mass is 877 g/mol. The molecular formula is C45H49F2N11O6. The van der Waals surface area contributed by atoms with E-state index in [0.717, 1.165) is 70.4 Å². The number of hydrogen-bond acceptors (Lipinski definition) is 11. The van der Waals surface area contributed by atoms with Gasteiger partial charge in [0, 0.05) is 51.5 Å². The highest BCUT2D eigenvalue weighted by Crippen LogP contribution is 2.42. The lowest BCUT2D eigenvalue weighted by atomic mass is 9.85. The van der Waals surface area contributed by atoms with Gasteiger partial charge in [0.15, 0.2) is 11.3 Å². The molecule has 64 heavy (non-hydrogen) atoms. The maximum Gasteiger partial charge on any atom is 0.329 e. The van der Waals surface area contributed by atoms with Crippen molar-refractivity contribution in [3.05, 3.63) is 70.2 Å². The van der Waals surface area contributed by atoms with Crippen LogP contribution in [0.3, 0.4) is 0 Å². The number of alkyl halides is 2. The molecule has 0 spiro atoms. The van der Waals surface area contributed by atoms with Crippen LogP contribution in [0.2, 0.25) is 0 Å². The third kappa shape index (κ3) is 7.25. The predicted octanol–water partition coefficient (Wildman–Crippen LogP) is 3.99. The van der Waals surface area contributed by atoms with Crippen molar-refractivity contribution in [3.63, 3.8) is 0 Å². The number of rotatable bonds is 10. The highest BCUT2D eigenvalue weighted by atomic mass is 19.3. The molecule has 1 aromatic carbocycles. The number of nitrogens with one attached hydrogen (secondary N) is 2. The van der Waals surface area contributed by atoms with E-state index in [0.29, 0.717) is 46.7 Å². The summed E-state index contributed by atoms with van der Waals surface area (Å²) in [5, 5.41) is 13.6. The van der Waals surface area contributed by atoms with Gasteiger partial charge in [-0.25, -0.2) is 23.1 Å². The van der Waals surface area contributed by atoms with Crippen LogP contribution in [0.25, 0.3) is 16.7 Å². The number of fused-ring (bicyclic) bond motifs is 6. The van der Waals surface area contributed by atoms with Crippen molar-refractivity contribution < 1.29 is 32.6 Å². The van der Waals surface area contributed by atoms with Gasteiger partial charge in [0.2, 0.25) is 11.8 Å². The summed E-state index contributed by atoms with van der Waals surface area (Å²) < 4.78 is 46.8. The molecule has 4 aromatic heterocycles. The number of halogens is 2. The van der Waals surface area contributed by atoms with Gasteiger partial charge >= 0.3 is 5.69 Å². The Labute approximate surface area is 366 Å². The van der Waals surface area contributed by atoms with Crippen molar-refractivity contribution >= 4 is 45.9 Å². The summed E-state index contributed by atoms with van der Waals surface area (Å²) in [7, 11) is 1.66. The minimum absolute atomic E-state index is 0.00601. The lowest BCUT2D eigenvalue weighted by molar-refractivity contribution is -0.135. The van der Waals surface area contributed by atoms with E-state index in [4.69, 9.17) is 14.5 Å². The van der Waals surface area contributed by atoms with Crippen LogP contribution in [-0.2, 0) is 26.1 Å². The topological polar surface area (TPSA) is 175 Å². The van der Waals surface area contributed by atoms with Gasteiger partial charge in [-0.2, -0.15) is 10.2 Å². The maximum absolute atomic E-state index is 14.3. The first-order chi connectivity index (χ1) is 31.1. The molecule has 4 saturated heterocycles. The number of anilines is 2. The predicted molar refractivity (Wildman–Crippen MR) is 228 cm³/mol. The minimum Gasteiger partial charge on any atom is -0.374 e. The summed E-state index contributed by atoms with van der Waals surface area (Å²) in [6.45, 7) is 3.60. The molecule has 6 aliphatic rings. The molecule has 17 nitrogen and oxygen atoms in total. The molecule has 2 saturated carbocycles. The van der Waals surface area contributed by atoms with Gasteiger partial charge in [-0.1, -0.05) is 17.9 Å². The average molecular weight is 878 g/mol. The Bertz CT molecular complexity index is 2800. The Morgan fingerprint density at radius 1 is 1.05 bits per heavy atom. The number of imidazole rings is 1. The molecule has 8 heterocycles. The maximum atomic E-state index is 14.3. The number of benzene rings is 1. The van der Waals surface area contributed by atoms with E-state index >= 15 is 0 Å².